The average Bonchev–Trinajstić information content (AvgIpc) is 2.04. The van der Waals surface area contributed by atoms with Gasteiger partial charge in [0.1, 0.15) is 0 Å². The molecule has 0 saturated heterocycles. The zero-order chi connectivity index (χ0) is 8.32. The maximum atomic E-state index is 9.70. The van der Waals surface area contributed by atoms with Gasteiger partial charge in [0.2, 0.25) is 0 Å². The van der Waals surface area contributed by atoms with E-state index in [-0.39, 0.29) is 11.5 Å². The van der Waals surface area contributed by atoms with E-state index in [1.54, 1.807) is 0 Å². The molecule has 0 bridgehead atoms. The topological polar surface area (TPSA) is 20.2 Å². The molecule has 1 atom stereocenters. The largest absolute Gasteiger partial charge is 0.392 e. The summed E-state index contributed by atoms with van der Waals surface area (Å²) in [6, 6.07) is 0. The molecule has 2 heteroatoms. The minimum Gasteiger partial charge on any atom is -0.392 e. The fraction of sp³-hybridized carbons (Fsp3) is 1.00. The molecule has 0 aromatic carbocycles. The fourth-order valence-electron chi connectivity index (χ4n) is 1.88. The van der Waals surface area contributed by atoms with Gasteiger partial charge < -0.3 is 5.11 Å². The van der Waals surface area contributed by atoms with Crippen LogP contribution in [0.4, 0.5) is 0 Å². The number of alkyl halides is 1. The second-order valence-electron chi connectivity index (χ2n) is 3.88. The highest BCUT2D eigenvalue weighted by atomic mass is 79.9. The lowest BCUT2D eigenvalue weighted by atomic mass is 9.72. The van der Waals surface area contributed by atoms with Gasteiger partial charge in [-0.25, -0.2) is 0 Å². The predicted octanol–water partition coefficient (Wildman–Crippen LogP) is 2.71. The standard InChI is InChI=1S/C9H17BrO/c1-9(8(11)7-10)5-3-2-4-6-9/h8,11H,2-7H2,1H3. The molecule has 1 aliphatic rings. The maximum Gasteiger partial charge on any atom is 0.0690 e. The number of hydrogen-bond acceptors (Lipinski definition) is 1. The van der Waals surface area contributed by atoms with E-state index in [4.69, 9.17) is 0 Å². The second kappa shape index (κ2) is 3.90. The van der Waals surface area contributed by atoms with Crippen molar-refractivity contribution in [2.75, 3.05) is 5.33 Å². The van der Waals surface area contributed by atoms with Crippen molar-refractivity contribution in [2.24, 2.45) is 5.41 Å². The quantitative estimate of drug-likeness (QED) is 0.711. The second-order valence-corrected chi connectivity index (χ2v) is 4.53. The third kappa shape index (κ3) is 2.19. The van der Waals surface area contributed by atoms with Crippen molar-refractivity contribution in [3.05, 3.63) is 0 Å². The van der Waals surface area contributed by atoms with Crippen molar-refractivity contribution in [3.8, 4) is 0 Å². The van der Waals surface area contributed by atoms with Gasteiger partial charge in [0.15, 0.2) is 0 Å². The minimum atomic E-state index is -0.150. The summed E-state index contributed by atoms with van der Waals surface area (Å²) < 4.78 is 0. The van der Waals surface area contributed by atoms with E-state index < -0.39 is 0 Å². The molecule has 0 amide bonds. The van der Waals surface area contributed by atoms with Gasteiger partial charge in [0.05, 0.1) is 6.10 Å². The van der Waals surface area contributed by atoms with Crippen LogP contribution in [0, 0.1) is 5.41 Å². The monoisotopic (exact) mass is 220 g/mol. The molecular weight excluding hydrogens is 204 g/mol. The van der Waals surface area contributed by atoms with Crippen LogP contribution in [0.3, 0.4) is 0 Å². The molecule has 0 heterocycles. The Morgan fingerprint density at radius 2 is 1.91 bits per heavy atom. The lowest BCUT2D eigenvalue weighted by molar-refractivity contribution is 0.0277. The van der Waals surface area contributed by atoms with Crippen molar-refractivity contribution >= 4 is 15.9 Å². The van der Waals surface area contributed by atoms with Crippen LogP contribution in [-0.4, -0.2) is 16.5 Å². The molecule has 1 aliphatic carbocycles. The molecule has 0 aromatic rings. The molecule has 0 spiro atoms. The summed E-state index contributed by atoms with van der Waals surface area (Å²) in [6.45, 7) is 2.21. The highest BCUT2D eigenvalue weighted by Crippen LogP contribution is 2.39. The van der Waals surface area contributed by atoms with Gasteiger partial charge in [0, 0.05) is 5.33 Å². The number of hydrogen-bond donors (Lipinski definition) is 1. The summed E-state index contributed by atoms with van der Waals surface area (Å²) >= 11 is 3.34. The molecule has 1 saturated carbocycles. The zero-order valence-electron chi connectivity index (χ0n) is 7.15. The predicted molar refractivity (Wildman–Crippen MR) is 51.0 cm³/mol. The summed E-state index contributed by atoms with van der Waals surface area (Å²) in [4.78, 5) is 0. The van der Waals surface area contributed by atoms with E-state index in [1.165, 1.54) is 32.1 Å². The van der Waals surface area contributed by atoms with Crippen LogP contribution in [0.1, 0.15) is 39.0 Å². The Hall–Kier alpha value is 0.440. The van der Waals surface area contributed by atoms with Crippen molar-refractivity contribution in [3.63, 3.8) is 0 Å². The first-order chi connectivity index (χ1) is 5.19. The lowest BCUT2D eigenvalue weighted by Gasteiger charge is -2.37. The van der Waals surface area contributed by atoms with Gasteiger partial charge in [-0.2, -0.15) is 0 Å². The Morgan fingerprint density at radius 1 is 1.36 bits per heavy atom. The molecule has 11 heavy (non-hydrogen) atoms. The molecule has 1 fully saturated rings. The lowest BCUT2D eigenvalue weighted by Crippen LogP contribution is -2.35. The third-order valence-corrected chi connectivity index (χ3v) is 3.56. The van der Waals surface area contributed by atoms with Crippen LogP contribution in [-0.2, 0) is 0 Å². The van der Waals surface area contributed by atoms with Crippen LogP contribution in [0.15, 0.2) is 0 Å². The van der Waals surface area contributed by atoms with Crippen LogP contribution < -0.4 is 0 Å². The number of aliphatic hydroxyl groups is 1. The normalized spacial score (nSPS) is 26.5. The highest BCUT2D eigenvalue weighted by molar-refractivity contribution is 9.09. The van der Waals surface area contributed by atoms with Gasteiger partial charge in [0.25, 0.3) is 0 Å². The van der Waals surface area contributed by atoms with E-state index >= 15 is 0 Å². The first-order valence-corrected chi connectivity index (χ1v) is 5.55. The summed E-state index contributed by atoms with van der Waals surface area (Å²) in [5.41, 5.74) is 0.196. The molecule has 1 rings (SSSR count). The number of aliphatic hydroxyl groups excluding tert-OH is 1. The van der Waals surface area contributed by atoms with Gasteiger partial charge in [-0.1, -0.05) is 42.1 Å². The van der Waals surface area contributed by atoms with Gasteiger partial charge in [-0.3, -0.25) is 0 Å². The Morgan fingerprint density at radius 3 is 2.36 bits per heavy atom. The Labute approximate surface area is 77.3 Å². The maximum absolute atomic E-state index is 9.70. The van der Waals surface area contributed by atoms with Crippen molar-refractivity contribution in [2.45, 2.75) is 45.1 Å². The van der Waals surface area contributed by atoms with E-state index in [1.807, 2.05) is 0 Å². The summed E-state index contributed by atoms with van der Waals surface area (Å²) in [5, 5.41) is 10.4. The molecule has 0 radical (unpaired) electrons. The number of halogens is 1. The zero-order valence-corrected chi connectivity index (χ0v) is 8.73. The fourth-order valence-corrected chi connectivity index (χ4v) is 2.66. The molecular formula is C9H17BrO. The van der Waals surface area contributed by atoms with E-state index in [2.05, 4.69) is 22.9 Å². The minimum absolute atomic E-state index is 0.150. The molecule has 0 aliphatic heterocycles. The van der Waals surface area contributed by atoms with Crippen LogP contribution in [0.25, 0.3) is 0 Å². The third-order valence-electron chi connectivity index (χ3n) is 2.95. The van der Waals surface area contributed by atoms with Gasteiger partial charge >= 0.3 is 0 Å². The average molecular weight is 221 g/mol. The molecule has 1 unspecified atom stereocenters. The van der Waals surface area contributed by atoms with Gasteiger partial charge in [-0.15, -0.1) is 0 Å². The van der Waals surface area contributed by atoms with E-state index in [0.717, 1.165) is 5.33 Å². The van der Waals surface area contributed by atoms with E-state index in [9.17, 15) is 5.11 Å². The van der Waals surface area contributed by atoms with E-state index in [0.29, 0.717) is 0 Å². The molecule has 0 aromatic heterocycles. The van der Waals surface area contributed by atoms with Crippen molar-refractivity contribution in [1.82, 2.24) is 0 Å². The summed E-state index contributed by atoms with van der Waals surface area (Å²) in [6.07, 6.45) is 6.17. The Kier molecular flexibility index (Phi) is 3.38. The molecule has 1 N–H and O–H groups in total. The molecule has 66 valence electrons. The Balaban J connectivity index is 2.49. The van der Waals surface area contributed by atoms with Crippen LogP contribution >= 0.6 is 15.9 Å². The van der Waals surface area contributed by atoms with Crippen molar-refractivity contribution in [1.29, 1.82) is 0 Å². The summed E-state index contributed by atoms with van der Waals surface area (Å²) in [5.74, 6) is 0. The van der Waals surface area contributed by atoms with Crippen LogP contribution in [0.2, 0.25) is 0 Å². The Bertz CT molecular complexity index is 119. The highest BCUT2D eigenvalue weighted by Gasteiger charge is 2.33. The first kappa shape index (κ1) is 9.53. The number of rotatable bonds is 2. The molecule has 1 nitrogen and oxygen atoms in total. The SMILES string of the molecule is CC1(C(O)CBr)CCCCC1. The van der Waals surface area contributed by atoms with Gasteiger partial charge in [-0.05, 0) is 18.3 Å². The smallest absolute Gasteiger partial charge is 0.0690 e. The van der Waals surface area contributed by atoms with Crippen LogP contribution in [0.5, 0.6) is 0 Å². The van der Waals surface area contributed by atoms with Crippen molar-refractivity contribution < 1.29 is 5.11 Å². The summed E-state index contributed by atoms with van der Waals surface area (Å²) in [7, 11) is 0. The first-order valence-electron chi connectivity index (χ1n) is 4.43.